The van der Waals surface area contributed by atoms with Crippen LogP contribution in [0.1, 0.15) is 47.7 Å². The number of fused-ring (bicyclic) bond motifs is 1. The molecule has 26 heavy (non-hydrogen) atoms. The second-order valence-electron chi connectivity index (χ2n) is 6.05. The molecule has 1 N–H and O–H groups in total. The van der Waals surface area contributed by atoms with E-state index in [1.54, 1.807) is 0 Å². The van der Waals surface area contributed by atoms with Gasteiger partial charge in [0.05, 0.1) is 15.8 Å². The van der Waals surface area contributed by atoms with Gasteiger partial charge in [0.1, 0.15) is 0 Å². The number of carbonyl (C=O) groups excluding carboxylic acids is 1. The Hall–Kier alpha value is -2.41. The van der Waals surface area contributed by atoms with Crippen LogP contribution in [0.3, 0.4) is 0 Å². The van der Waals surface area contributed by atoms with E-state index in [4.69, 9.17) is 0 Å². The fourth-order valence-electron chi connectivity index (χ4n) is 2.62. The van der Waals surface area contributed by atoms with Crippen LogP contribution in [0.2, 0.25) is 0 Å². The summed E-state index contributed by atoms with van der Waals surface area (Å²) < 4.78 is 38.8. The molecule has 0 saturated heterocycles. The van der Waals surface area contributed by atoms with Crippen molar-refractivity contribution in [1.82, 2.24) is 4.98 Å². The third kappa shape index (κ3) is 3.72. The molecule has 7 heteroatoms. The maximum atomic E-state index is 12.6. The van der Waals surface area contributed by atoms with Gasteiger partial charge in [-0.2, -0.15) is 13.2 Å². The molecule has 0 radical (unpaired) electrons. The second-order valence-corrected chi connectivity index (χ2v) is 7.08. The Balaban J connectivity index is 1.83. The van der Waals surface area contributed by atoms with Crippen molar-refractivity contribution in [3.63, 3.8) is 0 Å². The molecule has 1 unspecified atom stereocenters. The molecule has 0 aliphatic rings. The van der Waals surface area contributed by atoms with Crippen LogP contribution in [0.5, 0.6) is 0 Å². The van der Waals surface area contributed by atoms with Crippen molar-refractivity contribution >= 4 is 32.6 Å². The van der Waals surface area contributed by atoms with E-state index in [9.17, 15) is 18.0 Å². The smallest absolute Gasteiger partial charge is 0.298 e. The molecule has 3 rings (SSSR count). The maximum Gasteiger partial charge on any atom is 0.416 e. The predicted octanol–water partition coefficient (Wildman–Crippen LogP) is 6.08. The van der Waals surface area contributed by atoms with Gasteiger partial charge >= 0.3 is 6.18 Å². The highest BCUT2D eigenvalue weighted by molar-refractivity contribution is 7.22. The molecule has 1 heterocycles. The Bertz CT molecular complexity index is 932. The van der Waals surface area contributed by atoms with Crippen LogP contribution >= 0.6 is 11.3 Å². The number of alkyl halides is 3. The first-order valence-electron chi connectivity index (χ1n) is 8.17. The fourth-order valence-corrected chi connectivity index (χ4v) is 3.52. The van der Waals surface area contributed by atoms with E-state index in [-0.39, 0.29) is 5.56 Å². The van der Waals surface area contributed by atoms with Gasteiger partial charge in [0.15, 0.2) is 5.13 Å². The van der Waals surface area contributed by atoms with Crippen molar-refractivity contribution < 1.29 is 18.0 Å². The molecule has 2 aromatic carbocycles. The van der Waals surface area contributed by atoms with Gasteiger partial charge in [-0.25, -0.2) is 4.98 Å². The standard InChI is InChI=1S/C19H17F3N2OS/c1-3-11(2)14-5-4-6-15-16(14)23-18(26-15)24-17(25)12-7-9-13(10-8-12)19(20,21)22/h4-11H,3H2,1-2H3,(H,23,24,25). The third-order valence-electron chi connectivity index (χ3n) is 4.29. The van der Waals surface area contributed by atoms with Crippen molar-refractivity contribution in [2.24, 2.45) is 0 Å². The van der Waals surface area contributed by atoms with Gasteiger partial charge in [-0.1, -0.05) is 37.3 Å². The van der Waals surface area contributed by atoms with Crippen molar-refractivity contribution in [1.29, 1.82) is 0 Å². The lowest BCUT2D eigenvalue weighted by atomic mass is 9.98. The lowest BCUT2D eigenvalue weighted by Gasteiger charge is -2.08. The monoisotopic (exact) mass is 378 g/mol. The molecule has 3 aromatic rings. The first kappa shape index (κ1) is 18.4. The van der Waals surface area contributed by atoms with E-state index >= 15 is 0 Å². The van der Waals surface area contributed by atoms with Crippen LogP contribution in [0.15, 0.2) is 42.5 Å². The molecule has 0 fully saturated rings. The Labute approximate surface area is 152 Å². The molecule has 136 valence electrons. The number of benzene rings is 2. The number of anilines is 1. The van der Waals surface area contributed by atoms with Gasteiger partial charge < -0.3 is 0 Å². The zero-order valence-electron chi connectivity index (χ0n) is 14.2. The van der Waals surface area contributed by atoms with Gasteiger partial charge in [-0.05, 0) is 48.2 Å². The van der Waals surface area contributed by atoms with Crippen LogP contribution < -0.4 is 5.32 Å². The minimum absolute atomic E-state index is 0.152. The van der Waals surface area contributed by atoms with Gasteiger partial charge in [0.2, 0.25) is 0 Å². The molecule has 3 nitrogen and oxygen atoms in total. The minimum Gasteiger partial charge on any atom is -0.298 e. The molecule has 0 aliphatic carbocycles. The highest BCUT2D eigenvalue weighted by atomic mass is 32.1. The summed E-state index contributed by atoms with van der Waals surface area (Å²) in [5.41, 5.74) is 1.34. The zero-order valence-corrected chi connectivity index (χ0v) is 15.0. The Morgan fingerprint density at radius 2 is 1.88 bits per heavy atom. The average molecular weight is 378 g/mol. The number of hydrogen-bond acceptors (Lipinski definition) is 3. The van der Waals surface area contributed by atoms with Crippen molar-refractivity contribution in [2.45, 2.75) is 32.4 Å². The van der Waals surface area contributed by atoms with Gasteiger partial charge in [0.25, 0.3) is 5.91 Å². The van der Waals surface area contributed by atoms with Gasteiger partial charge in [-0.15, -0.1) is 0 Å². The lowest BCUT2D eigenvalue weighted by molar-refractivity contribution is -0.137. The number of rotatable bonds is 4. The van der Waals surface area contributed by atoms with Gasteiger partial charge in [0, 0.05) is 5.56 Å². The Kier molecular flexibility index (Phi) is 5.00. The van der Waals surface area contributed by atoms with E-state index in [0.717, 1.165) is 46.5 Å². The first-order chi connectivity index (χ1) is 12.3. The van der Waals surface area contributed by atoms with E-state index < -0.39 is 17.6 Å². The number of nitrogens with one attached hydrogen (secondary N) is 1. The SMILES string of the molecule is CCC(C)c1cccc2sc(NC(=O)c3ccc(C(F)(F)F)cc3)nc12. The topological polar surface area (TPSA) is 42.0 Å². The molecule has 1 atom stereocenters. The van der Waals surface area contributed by atoms with E-state index in [1.165, 1.54) is 11.3 Å². The summed E-state index contributed by atoms with van der Waals surface area (Å²) in [6.45, 7) is 4.22. The summed E-state index contributed by atoms with van der Waals surface area (Å²) in [4.78, 5) is 16.8. The molecular weight excluding hydrogens is 361 g/mol. The molecule has 1 amide bonds. The normalized spacial score (nSPS) is 13.0. The van der Waals surface area contributed by atoms with Crippen molar-refractivity contribution in [3.8, 4) is 0 Å². The Morgan fingerprint density at radius 3 is 2.50 bits per heavy atom. The number of aromatic nitrogens is 1. The Morgan fingerprint density at radius 1 is 1.19 bits per heavy atom. The number of amides is 1. The predicted molar refractivity (Wildman–Crippen MR) is 97.7 cm³/mol. The second kappa shape index (κ2) is 7.07. The minimum atomic E-state index is -4.42. The summed E-state index contributed by atoms with van der Waals surface area (Å²) in [7, 11) is 0. The largest absolute Gasteiger partial charge is 0.416 e. The number of para-hydroxylation sites is 1. The van der Waals surface area contributed by atoms with Gasteiger partial charge in [-0.3, -0.25) is 10.1 Å². The summed E-state index contributed by atoms with van der Waals surface area (Å²) in [6.07, 6.45) is -3.45. The third-order valence-corrected chi connectivity index (χ3v) is 5.22. The molecule has 0 saturated carbocycles. The number of carbonyl (C=O) groups is 1. The molecule has 0 bridgehead atoms. The van der Waals surface area contributed by atoms with Crippen LogP contribution in [0, 0.1) is 0 Å². The highest BCUT2D eigenvalue weighted by Gasteiger charge is 2.30. The fraction of sp³-hybridized carbons (Fsp3) is 0.263. The van der Waals surface area contributed by atoms with Crippen LogP contribution in [0.25, 0.3) is 10.2 Å². The van der Waals surface area contributed by atoms with Crippen molar-refractivity contribution in [2.75, 3.05) is 5.32 Å². The van der Waals surface area contributed by atoms with Crippen LogP contribution in [0.4, 0.5) is 18.3 Å². The van der Waals surface area contributed by atoms with Crippen molar-refractivity contribution in [3.05, 3.63) is 59.2 Å². The summed E-state index contributed by atoms with van der Waals surface area (Å²) in [5.74, 6) is -0.137. The molecule has 0 aliphatic heterocycles. The molecular formula is C19H17F3N2OS. The van der Waals surface area contributed by atoms with Crippen LogP contribution in [-0.2, 0) is 6.18 Å². The lowest BCUT2D eigenvalue weighted by Crippen LogP contribution is -2.12. The van der Waals surface area contributed by atoms with E-state index in [2.05, 4.69) is 24.1 Å². The zero-order chi connectivity index (χ0) is 18.9. The number of hydrogen-bond donors (Lipinski definition) is 1. The first-order valence-corrected chi connectivity index (χ1v) is 8.99. The molecule has 0 spiro atoms. The number of thiazole rings is 1. The highest BCUT2D eigenvalue weighted by Crippen LogP contribution is 2.33. The number of halogens is 3. The van der Waals surface area contributed by atoms with Crippen LogP contribution in [-0.4, -0.2) is 10.9 Å². The quantitative estimate of drug-likeness (QED) is 0.598. The average Bonchev–Trinajstić information content (AvgIpc) is 3.02. The molecule has 1 aromatic heterocycles. The number of nitrogens with zero attached hydrogens (tertiary/aromatic N) is 1. The maximum absolute atomic E-state index is 12.6. The summed E-state index contributed by atoms with van der Waals surface area (Å²) in [5, 5.41) is 3.11. The summed E-state index contributed by atoms with van der Waals surface area (Å²) >= 11 is 1.35. The van der Waals surface area contributed by atoms with E-state index in [1.807, 2.05) is 18.2 Å². The summed E-state index contributed by atoms with van der Waals surface area (Å²) in [6, 6.07) is 10.0. The van der Waals surface area contributed by atoms with E-state index in [0.29, 0.717) is 11.0 Å².